The number of rotatable bonds is 9. The Morgan fingerprint density at radius 2 is 1.89 bits per heavy atom. The van der Waals surface area contributed by atoms with E-state index < -0.39 is 17.8 Å². The molecule has 0 radical (unpaired) electrons. The number of unbranched alkanes of at least 4 members (excludes halogenated alkanes) is 1. The lowest BCUT2D eigenvalue weighted by Crippen LogP contribution is -2.48. The molecule has 0 aliphatic carbocycles. The third kappa shape index (κ3) is 11.6. The molecule has 2 atom stereocenters. The molecule has 0 saturated carbocycles. The van der Waals surface area contributed by atoms with Crippen LogP contribution in [0.25, 0.3) is 0 Å². The lowest BCUT2D eigenvalue weighted by molar-refractivity contribution is 0.0471. The van der Waals surface area contributed by atoms with Crippen molar-refractivity contribution in [1.29, 1.82) is 0 Å². The molecule has 0 spiro atoms. The molecule has 5 heteroatoms. The Bertz CT molecular complexity index is 627. The van der Waals surface area contributed by atoms with E-state index in [-0.39, 0.29) is 12.6 Å². The van der Waals surface area contributed by atoms with Gasteiger partial charge in [0.1, 0.15) is 5.60 Å². The molecule has 0 fully saturated rings. The van der Waals surface area contributed by atoms with Crippen LogP contribution in [0.5, 0.6) is 0 Å². The van der Waals surface area contributed by atoms with Crippen molar-refractivity contribution in [3.8, 4) is 11.8 Å². The first kappa shape index (κ1) is 24.0. The molecule has 0 bridgehead atoms. The Labute approximate surface area is 170 Å². The van der Waals surface area contributed by atoms with Crippen LogP contribution in [-0.4, -0.2) is 42.0 Å². The molecule has 0 saturated heterocycles. The van der Waals surface area contributed by atoms with Crippen LogP contribution in [0.4, 0.5) is 4.79 Å². The molecule has 28 heavy (non-hydrogen) atoms. The fraction of sp³-hybridized carbons (Fsp3) is 0.609. The van der Waals surface area contributed by atoms with Crippen molar-refractivity contribution < 1.29 is 14.6 Å². The smallest absolute Gasteiger partial charge is 0.407 e. The SMILES string of the molecule is CC(C)C#CCCCNC(Cc1ccccc1)C(O)CNC(=O)OC(C)(C)C. The van der Waals surface area contributed by atoms with Gasteiger partial charge in [0.15, 0.2) is 0 Å². The van der Waals surface area contributed by atoms with Gasteiger partial charge in [0.2, 0.25) is 0 Å². The molecule has 1 amide bonds. The van der Waals surface area contributed by atoms with Crippen LogP contribution >= 0.6 is 0 Å². The van der Waals surface area contributed by atoms with Gasteiger partial charge >= 0.3 is 6.09 Å². The van der Waals surface area contributed by atoms with Gasteiger partial charge < -0.3 is 20.5 Å². The zero-order valence-electron chi connectivity index (χ0n) is 17.9. The molecule has 5 nitrogen and oxygen atoms in total. The van der Waals surface area contributed by atoms with Gasteiger partial charge in [0.05, 0.1) is 6.10 Å². The molecule has 2 unspecified atom stereocenters. The number of ether oxygens (including phenoxy) is 1. The highest BCUT2D eigenvalue weighted by Crippen LogP contribution is 2.08. The topological polar surface area (TPSA) is 70.6 Å². The number of benzene rings is 1. The van der Waals surface area contributed by atoms with Gasteiger partial charge in [-0.3, -0.25) is 0 Å². The van der Waals surface area contributed by atoms with E-state index in [4.69, 9.17) is 4.74 Å². The van der Waals surface area contributed by atoms with E-state index in [0.29, 0.717) is 12.3 Å². The zero-order chi connectivity index (χ0) is 21.0. The lowest BCUT2D eigenvalue weighted by Gasteiger charge is -2.26. The second kappa shape index (κ2) is 12.4. The van der Waals surface area contributed by atoms with Gasteiger partial charge in [0, 0.05) is 24.9 Å². The summed E-state index contributed by atoms with van der Waals surface area (Å²) < 4.78 is 5.23. The Hall–Kier alpha value is -2.03. The summed E-state index contributed by atoms with van der Waals surface area (Å²) in [6.45, 7) is 10.5. The molecule has 156 valence electrons. The molecule has 0 aromatic heterocycles. The van der Waals surface area contributed by atoms with Crippen LogP contribution in [0.15, 0.2) is 30.3 Å². The maximum Gasteiger partial charge on any atom is 0.407 e. The van der Waals surface area contributed by atoms with Crippen molar-refractivity contribution in [3.05, 3.63) is 35.9 Å². The zero-order valence-corrected chi connectivity index (χ0v) is 17.9. The summed E-state index contributed by atoms with van der Waals surface area (Å²) in [4.78, 5) is 11.9. The maximum atomic E-state index is 11.9. The quantitative estimate of drug-likeness (QED) is 0.447. The minimum atomic E-state index is -0.727. The highest BCUT2D eigenvalue weighted by molar-refractivity contribution is 5.67. The predicted octanol–water partition coefficient (Wildman–Crippen LogP) is 3.51. The number of hydrogen-bond acceptors (Lipinski definition) is 4. The molecule has 0 aliphatic heterocycles. The summed E-state index contributed by atoms with van der Waals surface area (Å²) >= 11 is 0. The van der Waals surface area contributed by atoms with Crippen molar-refractivity contribution in [2.45, 2.75) is 71.6 Å². The van der Waals surface area contributed by atoms with Crippen molar-refractivity contribution in [2.24, 2.45) is 5.92 Å². The second-order valence-corrected chi connectivity index (χ2v) is 8.28. The van der Waals surface area contributed by atoms with Crippen LogP contribution in [0.1, 0.15) is 53.0 Å². The number of aliphatic hydroxyl groups is 1. The fourth-order valence-electron chi connectivity index (χ4n) is 2.60. The summed E-state index contributed by atoms with van der Waals surface area (Å²) in [5, 5.41) is 16.7. The number of amides is 1. The van der Waals surface area contributed by atoms with Crippen LogP contribution in [0, 0.1) is 17.8 Å². The van der Waals surface area contributed by atoms with Gasteiger partial charge in [-0.15, -0.1) is 11.8 Å². The fourth-order valence-corrected chi connectivity index (χ4v) is 2.60. The Kier molecular flexibility index (Phi) is 10.7. The summed E-state index contributed by atoms with van der Waals surface area (Å²) in [5.41, 5.74) is 0.573. The van der Waals surface area contributed by atoms with Gasteiger partial charge in [-0.05, 0) is 45.7 Å². The van der Waals surface area contributed by atoms with Gasteiger partial charge in [0.25, 0.3) is 0 Å². The average Bonchev–Trinajstić information content (AvgIpc) is 2.60. The van der Waals surface area contributed by atoms with E-state index in [1.54, 1.807) is 0 Å². The van der Waals surface area contributed by atoms with Gasteiger partial charge in [-0.2, -0.15) is 0 Å². The first-order valence-electron chi connectivity index (χ1n) is 10.1. The number of aliphatic hydroxyl groups excluding tert-OH is 1. The molecule has 1 aromatic rings. The van der Waals surface area contributed by atoms with Crippen molar-refractivity contribution in [2.75, 3.05) is 13.1 Å². The van der Waals surface area contributed by atoms with Crippen LogP contribution in [0.3, 0.4) is 0 Å². The summed E-state index contributed by atoms with van der Waals surface area (Å²) in [7, 11) is 0. The van der Waals surface area contributed by atoms with Crippen molar-refractivity contribution >= 4 is 6.09 Å². The van der Waals surface area contributed by atoms with Crippen LogP contribution in [0.2, 0.25) is 0 Å². The average molecular weight is 389 g/mol. The number of alkyl carbamates (subject to hydrolysis) is 1. The number of carbonyl (C=O) groups excluding carboxylic acids is 1. The Balaban J connectivity index is 2.56. The first-order valence-corrected chi connectivity index (χ1v) is 10.1. The standard InChI is InChI=1S/C23H36N2O3/c1-18(2)12-8-7-11-15-24-20(16-19-13-9-6-10-14-19)21(26)17-25-22(27)28-23(3,4)5/h6,9-10,13-14,18,20-21,24,26H,7,11,15-17H2,1-5H3,(H,25,27). The minimum Gasteiger partial charge on any atom is -0.444 e. The van der Waals surface area contributed by atoms with E-state index in [0.717, 1.165) is 24.9 Å². The van der Waals surface area contributed by atoms with E-state index in [9.17, 15) is 9.90 Å². The molecular weight excluding hydrogens is 352 g/mol. The Morgan fingerprint density at radius 1 is 1.21 bits per heavy atom. The molecule has 1 rings (SSSR count). The minimum absolute atomic E-state index is 0.132. The largest absolute Gasteiger partial charge is 0.444 e. The monoisotopic (exact) mass is 388 g/mol. The lowest BCUT2D eigenvalue weighted by atomic mass is 10.0. The predicted molar refractivity (Wildman–Crippen MR) is 114 cm³/mol. The van der Waals surface area contributed by atoms with E-state index in [1.165, 1.54) is 0 Å². The third-order valence-electron chi connectivity index (χ3n) is 3.89. The maximum absolute atomic E-state index is 11.9. The normalized spacial score (nSPS) is 13.4. The first-order chi connectivity index (χ1) is 13.2. The molecule has 3 N–H and O–H groups in total. The van der Waals surface area contributed by atoms with E-state index in [1.807, 2.05) is 51.1 Å². The van der Waals surface area contributed by atoms with Crippen molar-refractivity contribution in [1.82, 2.24) is 10.6 Å². The summed E-state index contributed by atoms with van der Waals surface area (Å²) in [5.74, 6) is 6.72. The molecule has 1 aromatic carbocycles. The number of nitrogens with one attached hydrogen (secondary N) is 2. The highest BCUT2D eigenvalue weighted by atomic mass is 16.6. The molecule has 0 aliphatic rings. The highest BCUT2D eigenvalue weighted by Gasteiger charge is 2.22. The van der Waals surface area contributed by atoms with Gasteiger partial charge in [-0.1, -0.05) is 44.2 Å². The van der Waals surface area contributed by atoms with E-state index in [2.05, 4.69) is 36.3 Å². The number of carbonyl (C=O) groups is 1. The summed E-state index contributed by atoms with van der Waals surface area (Å²) in [6, 6.07) is 9.85. The summed E-state index contributed by atoms with van der Waals surface area (Å²) in [6.07, 6.45) is 1.17. The van der Waals surface area contributed by atoms with Crippen LogP contribution in [-0.2, 0) is 11.2 Å². The molecule has 0 heterocycles. The second-order valence-electron chi connectivity index (χ2n) is 8.28. The molecular formula is C23H36N2O3. The van der Waals surface area contributed by atoms with Gasteiger partial charge in [-0.25, -0.2) is 4.79 Å². The number of hydrogen-bond donors (Lipinski definition) is 3. The third-order valence-corrected chi connectivity index (χ3v) is 3.89. The van der Waals surface area contributed by atoms with E-state index >= 15 is 0 Å². The van der Waals surface area contributed by atoms with Crippen molar-refractivity contribution in [3.63, 3.8) is 0 Å². The Morgan fingerprint density at radius 3 is 2.50 bits per heavy atom. The van der Waals surface area contributed by atoms with Crippen LogP contribution < -0.4 is 10.6 Å².